The van der Waals surface area contributed by atoms with Gasteiger partial charge >= 0.3 is 0 Å². The molecule has 100 valence electrons. The van der Waals surface area contributed by atoms with Crippen LogP contribution < -0.4 is 10.6 Å². The first-order chi connectivity index (χ1) is 8.51. The van der Waals surface area contributed by atoms with E-state index in [2.05, 4.69) is 37.9 Å². The number of oxime groups is 1. The number of halogens is 1. The van der Waals surface area contributed by atoms with E-state index in [9.17, 15) is 0 Å². The van der Waals surface area contributed by atoms with Gasteiger partial charge in [0.05, 0.1) is 4.47 Å². The zero-order valence-electron chi connectivity index (χ0n) is 10.9. The van der Waals surface area contributed by atoms with E-state index >= 15 is 0 Å². The van der Waals surface area contributed by atoms with Gasteiger partial charge < -0.3 is 15.8 Å². The maximum absolute atomic E-state index is 8.68. The van der Waals surface area contributed by atoms with Crippen molar-refractivity contribution in [1.82, 2.24) is 4.98 Å². The van der Waals surface area contributed by atoms with Gasteiger partial charge in [-0.25, -0.2) is 4.98 Å². The van der Waals surface area contributed by atoms with E-state index < -0.39 is 0 Å². The minimum Gasteiger partial charge on any atom is -0.409 e. The van der Waals surface area contributed by atoms with Crippen molar-refractivity contribution in [2.75, 3.05) is 18.0 Å². The Morgan fingerprint density at radius 2 is 2.33 bits per heavy atom. The first-order valence-electron chi connectivity index (χ1n) is 5.84. The van der Waals surface area contributed by atoms with Crippen molar-refractivity contribution in [3.63, 3.8) is 0 Å². The summed E-state index contributed by atoms with van der Waals surface area (Å²) in [4.78, 5) is 6.48. The van der Waals surface area contributed by atoms with Crippen molar-refractivity contribution in [2.45, 2.75) is 20.8 Å². The molecule has 6 heteroatoms. The second kappa shape index (κ2) is 6.58. The fraction of sp³-hybridized carbons (Fsp3) is 0.500. The van der Waals surface area contributed by atoms with Crippen LogP contribution in [0.25, 0.3) is 0 Å². The van der Waals surface area contributed by atoms with E-state index in [4.69, 9.17) is 10.9 Å². The van der Waals surface area contributed by atoms with Gasteiger partial charge in [-0.2, -0.15) is 0 Å². The summed E-state index contributed by atoms with van der Waals surface area (Å²) in [6, 6.07) is 1.95. The van der Waals surface area contributed by atoms with Gasteiger partial charge in [-0.15, -0.1) is 0 Å². The molecule has 1 aromatic rings. The van der Waals surface area contributed by atoms with E-state index in [1.54, 1.807) is 6.20 Å². The summed E-state index contributed by atoms with van der Waals surface area (Å²) in [6.45, 7) is 7.45. The van der Waals surface area contributed by atoms with Crippen molar-refractivity contribution in [3.8, 4) is 0 Å². The van der Waals surface area contributed by atoms with E-state index in [0.29, 0.717) is 6.54 Å². The molecule has 0 fully saturated rings. The van der Waals surface area contributed by atoms with Gasteiger partial charge in [0.1, 0.15) is 11.7 Å². The number of pyridine rings is 1. The Hall–Kier alpha value is -1.30. The number of anilines is 1. The van der Waals surface area contributed by atoms with Crippen LogP contribution in [0.2, 0.25) is 0 Å². The molecule has 0 aliphatic heterocycles. The first-order valence-corrected chi connectivity index (χ1v) is 6.64. The van der Waals surface area contributed by atoms with E-state index in [0.717, 1.165) is 22.4 Å². The van der Waals surface area contributed by atoms with Crippen LogP contribution in [-0.2, 0) is 0 Å². The molecule has 0 amide bonds. The molecule has 1 unspecified atom stereocenters. The lowest BCUT2D eigenvalue weighted by Crippen LogP contribution is -2.35. The van der Waals surface area contributed by atoms with Crippen molar-refractivity contribution >= 4 is 27.6 Å². The molecule has 0 spiro atoms. The van der Waals surface area contributed by atoms with Gasteiger partial charge in [0.25, 0.3) is 0 Å². The summed E-state index contributed by atoms with van der Waals surface area (Å²) in [5.74, 6) is 1.08. The SMILES string of the molecule is CCN(CC(C)/C(N)=N/O)c1nccc(C)c1Br. The van der Waals surface area contributed by atoms with Crippen LogP contribution in [0.5, 0.6) is 0 Å². The molecule has 0 saturated heterocycles. The number of hydrogen-bond acceptors (Lipinski definition) is 4. The highest BCUT2D eigenvalue weighted by Crippen LogP contribution is 2.27. The Morgan fingerprint density at radius 1 is 1.67 bits per heavy atom. The Bertz CT molecular complexity index is 436. The van der Waals surface area contributed by atoms with Crippen LogP contribution in [0.4, 0.5) is 5.82 Å². The average molecular weight is 315 g/mol. The number of aryl methyl sites for hydroxylation is 1. The van der Waals surface area contributed by atoms with Crippen LogP contribution in [0, 0.1) is 12.8 Å². The van der Waals surface area contributed by atoms with Gasteiger partial charge in [0.2, 0.25) is 0 Å². The normalized spacial score (nSPS) is 13.4. The molecule has 1 atom stereocenters. The second-order valence-corrected chi connectivity index (χ2v) is 5.02. The molecule has 18 heavy (non-hydrogen) atoms. The third kappa shape index (κ3) is 3.35. The maximum atomic E-state index is 8.68. The highest BCUT2D eigenvalue weighted by atomic mass is 79.9. The average Bonchev–Trinajstić information content (AvgIpc) is 2.38. The summed E-state index contributed by atoms with van der Waals surface area (Å²) in [6.07, 6.45) is 1.78. The monoisotopic (exact) mass is 314 g/mol. The molecule has 0 aliphatic rings. The molecular weight excluding hydrogens is 296 g/mol. The van der Waals surface area contributed by atoms with Gasteiger partial charge in [0, 0.05) is 25.2 Å². The molecule has 1 heterocycles. The van der Waals surface area contributed by atoms with E-state index in [-0.39, 0.29) is 11.8 Å². The van der Waals surface area contributed by atoms with Crippen LogP contribution in [0.3, 0.4) is 0 Å². The molecule has 0 aliphatic carbocycles. The Morgan fingerprint density at radius 3 is 2.89 bits per heavy atom. The number of rotatable bonds is 5. The lowest BCUT2D eigenvalue weighted by molar-refractivity contribution is 0.314. The van der Waals surface area contributed by atoms with Crippen molar-refractivity contribution in [1.29, 1.82) is 0 Å². The molecule has 0 saturated carbocycles. The topological polar surface area (TPSA) is 74.7 Å². The largest absolute Gasteiger partial charge is 0.409 e. The summed E-state index contributed by atoms with van der Waals surface area (Å²) in [5, 5.41) is 11.7. The first kappa shape index (κ1) is 14.8. The molecule has 1 rings (SSSR count). The summed E-state index contributed by atoms with van der Waals surface area (Å²) >= 11 is 3.55. The smallest absolute Gasteiger partial charge is 0.143 e. The molecule has 0 radical (unpaired) electrons. The number of aromatic nitrogens is 1. The van der Waals surface area contributed by atoms with E-state index in [1.807, 2.05) is 19.9 Å². The molecule has 0 bridgehead atoms. The van der Waals surface area contributed by atoms with Crippen molar-refractivity contribution in [2.24, 2.45) is 16.8 Å². The molecule has 0 aromatic carbocycles. The predicted octanol–water partition coefficient (Wildman–Crippen LogP) is 2.36. The minimum atomic E-state index is -0.0378. The lowest BCUT2D eigenvalue weighted by Gasteiger charge is -2.26. The Balaban J connectivity index is 2.93. The quantitative estimate of drug-likeness (QED) is 0.378. The Labute approximate surface area is 116 Å². The van der Waals surface area contributed by atoms with E-state index in [1.165, 1.54) is 0 Å². The van der Waals surface area contributed by atoms with Gasteiger partial charge in [0.15, 0.2) is 0 Å². The lowest BCUT2D eigenvalue weighted by atomic mass is 10.1. The minimum absolute atomic E-state index is 0.0378. The number of nitrogens with two attached hydrogens (primary N) is 1. The van der Waals surface area contributed by atoms with Crippen LogP contribution in [0.15, 0.2) is 21.9 Å². The fourth-order valence-electron chi connectivity index (χ4n) is 1.63. The van der Waals surface area contributed by atoms with Gasteiger partial charge in [-0.3, -0.25) is 0 Å². The number of nitrogens with zero attached hydrogens (tertiary/aromatic N) is 3. The second-order valence-electron chi connectivity index (χ2n) is 4.23. The van der Waals surface area contributed by atoms with Crippen LogP contribution >= 0.6 is 15.9 Å². The molecular formula is C12H19BrN4O. The summed E-state index contributed by atoms with van der Waals surface area (Å²) < 4.78 is 0.985. The zero-order chi connectivity index (χ0) is 13.7. The van der Waals surface area contributed by atoms with Gasteiger partial charge in [-0.1, -0.05) is 12.1 Å². The van der Waals surface area contributed by atoms with Crippen LogP contribution in [-0.4, -0.2) is 29.1 Å². The van der Waals surface area contributed by atoms with Gasteiger partial charge in [-0.05, 0) is 41.4 Å². The summed E-state index contributed by atoms with van der Waals surface area (Å²) in [7, 11) is 0. The standard InChI is InChI=1S/C12H19BrN4O/c1-4-17(7-9(3)11(14)16-18)12-10(13)8(2)5-6-15-12/h5-6,9,18H,4,7H2,1-3H3,(H2,14,16). The third-order valence-corrected chi connectivity index (χ3v) is 3.84. The van der Waals surface area contributed by atoms with Crippen LogP contribution in [0.1, 0.15) is 19.4 Å². The highest BCUT2D eigenvalue weighted by molar-refractivity contribution is 9.10. The zero-order valence-corrected chi connectivity index (χ0v) is 12.5. The van der Waals surface area contributed by atoms with Crippen molar-refractivity contribution in [3.05, 3.63) is 22.3 Å². The highest BCUT2D eigenvalue weighted by Gasteiger charge is 2.16. The number of amidine groups is 1. The fourth-order valence-corrected chi connectivity index (χ4v) is 2.12. The molecule has 1 aromatic heterocycles. The third-order valence-electron chi connectivity index (χ3n) is 2.86. The maximum Gasteiger partial charge on any atom is 0.143 e. The summed E-state index contributed by atoms with van der Waals surface area (Å²) in [5.41, 5.74) is 6.74. The predicted molar refractivity (Wildman–Crippen MR) is 77.1 cm³/mol. The van der Waals surface area contributed by atoms with Crippen molar-refractivity contribution < 1.29 is 5.21 Å². The Kier molecular flexibility index (Phi) is 5.40. The number of hydrogen-bond donors (Lipinski definition) is 2. The molecule has 3 N–H and O–H groups in total. The molecule has 5 nitrogen and oxygen atoms in total.